The van der Waals surface area contributed by atoms with E-state index in [4.69, 9.17) is 17.3 Å². The van der Waals surface area contributed by atoms with Gasteiger partial charge in [-0.15, -0.1) is 0 Å². The molecule has 0 aromatic heterocycles. The first-order valence-corrected chi connectivity index (χ1v) is 6.86. The van der Waals surface area contributed by atoms with Crippen molar-refractivity contribution in [2.75, 3.05) is 39.3 Å². The fraction of sp³-hybridized carbons (Fsp3) is 0.857. The Morgan fingerprint density at radius 3 is 2.54 bits per heavy atom. The maximum Gasteiger partial charge on any atom is 0.0558 e. The first kappa shape index (κ1) is 11.7. The Kier molecular flexibility index (Phi) is 6.35. The molecule has 1 N–H and O–H groups in total. The van der Waals surface area contributed by atoms with Crippen molar-refractivity contribution in [3.63, 3.8) is 0 Å². The molecule has 0 aromatic carbocycles. The molecule has 1 heterocycles. The molecule has 0 saturated carbocycles. The summed E-state index contributed by atoms with van der Waals surface area (Å²) in [6.45, 7) is 5.28. The molecular weight excluding hydrogens is 224 g/mol. The van der Waals surface area contributed by atoms with Crippen LogP contribution in [0.15, 0.2) is 0 Å². The molecule has 0 bridgehead atoms. The number of thiocarbonyl (C=S) groups is 1. The van der Waals surface area contributed by atoms with Crippen molar-refractivity contribution in [1.82, 2.24) is 9.21 Å². The highest BCUT2D eigenvalue weighted by Gasteiger charge is 2.16. The molecule has 1 aliphatic rings. The first-order chi connectivity index (χ1) is 6.36. The van der Waals surface area contributed by atoms with Crippen LogP contribution in [0.3, 0.4) is 0 Å². The minimum atomic E-state index is 0.266. The molecule has 13 heavy (non-hydrogen) atoms. The number of nitrogens with zero attached hydrogens (tertiary/aromatic N) is 2. The Balaban J connectivity index is 2.11. The van der Waals surface area contributed by atoms with Crippen LogP contribution in [-0.4, -0.2) is 58.3 Å². The van der Waals surface area contributed by atoms with Crippen LogP contribution in [0.2, 0.25) is 0 Å². The van der Waals surface area contributed by atoms with Gasteiger partial charge in [0.15, 0.2) is 0 Å². The monoisotopic (exact) mass is 238 g/mol. The third kappa shape index (κ3) is 4.62. The van der Waals surface area contributed by atoms with Crippen molar-refractivity contribution in [2.45, 2.75) is 0 Å². The summed E-state index contributed by atoms with van der Waals surface area (Å²) in [5, 5.41) is 8.74. The van der Waals surface area contributed by atoms with E-state index >= 15 is 0 Å². The van der Waals surface area contributed by atoms with Gasteiger partial charge in [0.1, 0.15) is 0 Å². The summed E-state index contributed by atoms with van der Waals surface area (Å²) < 4.78 is 3.99. The third-order valence-corrected chi connectivity index (χ3v) is 4.51. The van der Waals surface area contributed by atoms with E-state index in [1.165, 1.54) is 0 Å². The average Bonchev–Trinajstić information content (AvgIpc) is 2.17. The summed E-state index contributed by atoms with van der Waals surface area (Å²) in [4.78, 5) is 2.28. The molecule has 76 valence electrons. The van der Waals surface area contributed by atoms with Crippen molar-refractivity contribution in [2.24, 2.45) is 0 Å². The van der Waals surface area contributed by atoms with Crippen LogP contribution in [0, 0.1) is 0 Å². The minimum absolute atomic E-state index is 0.266. The normalized spacial score (nSPS) is 20.4. The number of β-amino-alcohol motifs (C(OH)–C–C–N with tert-alkyl or cyclic N) is 1. The molecule has 0 atom stereocenters. The van der Waals surface area contributed by atoms with E-state index in [-0.39, 0.29) is 6.61 Å². The quantitative estimate of drug-likeness (QED) is 0.433. The molecule has 1 rings (SSSR count). The van der Waals surface area contributed by atoms with E-state index in [0.717, 1.165) is 32.7 Å². The lowest BCUT2D eigenvalue weighted by Gasteiger charge is -2.32. The predicted molar refractivity (Wildman–Crippen MR) is 63.9 cm³/mol. The molecule has 1 fully saturated rings. The van der Waals surface area contributed by atoms with E-state index < -0.39 is 0 Å². The lowest BCUT2D eigenvalue weighted by atomic mass is 10.4. The zero-order chi connectivity index (χ0) is 9.52. The molecule has 0 aliphatic carbocycles. The molecule has 6 heteroatoms. The van der Waals surface area contributed by atoms with Gasteiger partial charge >= 0.3 is 0 Å². The van der Waals surface area contributed by atoms with E-state index in [1.807, 2.05) is 0 Å². The number of aliphatic hydroxyl groups is 1. The van der Waals surface area contributed by atoms with Gasteiger partial charge in [-0.25, -0.2) is 4.31 Å². The van der Waals surface area contributed by atoms with Crippen LogP contribution in [0.1, 0.15) is 0 Å². The smallest absolute Gasteiger partial charge is 0.0558 e. The van der Waals surface area contributed by atoms with Gasteiger partial charge in [0, 0.05) is 37.4 Å². The van der Waals surface area contributed by atoms with E-state index in [2.05, 4.69) is 9.21 Å². The maximum absolute atomic E-state index is 8.74. The fourth-order valence-corrected chi connectivity index (χ4v) is 2.95. The van der Waals surface area contributed by atoms with Gasteiger partial charge in [-0.3, -0.25) is 4.90 Å². The van der Waals surface area contributed by atoms with E-state index in [9.17, 15) is 0 Å². The highest BCUT2D eigenvalue weighted by atomic mass is 33.1. The number of hydrogen-bond donors (Lipinski definition) is 1. The van der Waals surface area contributed by atoms with Crippen LogP contribution < -0.4 is 0 Å². The number of piperazine rings is 1. The van der Waals surface area contributed by atoms with Gasteiger partial charge in [-0.05, 0) is 21.8 Å². The number of aliphatic hydroxyl groups excluding tert-OH is 1. The first-order valence-electron chi connectivity index (χ1n) is 4.22. The SMILES string of the molecule is OCCN1CCN(SSC=S)CC1. The van der Waals surface area contributed by atoms with Crippen LogP contribution in [0.5, 0.6) is 0 Å². The molecule has 0 aromatic rings. The molecule has 0 amide bonds. The largest absolute Gasteiger partial charge is 0.395 e. The molecule has 1 saturated heterocycles. The van der Waals surface area contributed by atoms with Gasteiger partial charge < -0.3 is 5.11 Å². The van der Waals surface area contributed by atoms with Crippen molar-refractivity contribution < 1.29 is 5.11 Å². The fourth-order valence-electron chi connectivity index (χ4n) is 1.25. The van der Waals surface area contributed by atoms with Crippen LogP contribution in [-0.2, 0) is 0 Å². The molecular formula is C7H14N2OS3. The summed E-state index contributed by atoms with van der Waals surface area (Å²) in [5.41, 5.74) is 0. The van der Waals surface area contributed by atoms with Gasteiger partial charge in [0.25, 0.3) is 0 Å². The Labute approximate surface area is 92.4 Å². The van der Waals surface area contributed by atoms with Gasteiger partial charge in [-0.2, -0.15) is 0 Å². The van der Waals surface area contributed by atoms with Crippen molar-refractivity contribution in [3.8, 4) is 0 Å². The predicted octanol–water partition coefficient (Wildman–Crippen LogP) is 0.850. The van der Waals surface area contributed by atoms with Gasteiger partial charge in [0.2, 0.25) is 0 Å². The van der Waals surface area contributed by atoms with Crippen LogP contribution >= 0.6 is 34.0 Å². The highest BCUT2D eigenvalue weighted by molar-refractivity contribution is 8.82. The number of hydrogen-bond acceptors (Lipinski definition) is 6. The van der Waals surface area contributed by atoms with Crippen LogP contribution in [0.4, 0.5) is 0 Å². The zero-order valence-corrected chi connectivity index (χ0v) is 9.84. The lowest BCUT2D eigenvalue weighted by Crippen LogP contribution is -2.44. The Morgan fingerprint density at radius 2 is 2.00 bits per heavy atom. The summed E-state index contributed by atoms with van der Waals surface area (Å²) >= 11 is 4.73. The second kappa shape index (κ2) is 7.03. The Hall–Kier alpha value is 0.670. The molecule has 0 spiro atoms. The van der Waals surface area contributed by atoms with Crippen molar-refractivity contribution in [1.29, 1.82) is 0 Å². The summed E-state index contributed by atoms with van der Waals surface area (Å²) in [6, 6.07) is 0. The molecule has 0 unspecified atom stereocenters. The van der Waals surface area contributed by atoms with Crippen LogP contribution in [0.25, 0.3) is 0 Å². The van der Waals surface area contributed by atoms with E-state index in [0.29, 0.717) is 0 Å². The summed E-state index contributed by atoms with van der Waals surface area (Å²) in [6.07, 6.45) is 0. The van der Waals surface area contributed by atoms with E-state index in [1.54, 1.807) is 26.5 Å². The van der Waals surface area contributed by atoms with Gasteiger partial charge in [0.05, 0.1) is 6.61 Å². The highest BCUT2D eigenvalue weighted by Crippen LogP contribution is 2.24. The number of rotatable bonds is 5. The maximum atomic E-state index is 8.74. The molecule has 1 aliphatic heterocycles. The Morgan fingerprint density at radius 1 is 1.31 bits per heavy atom. The molecule has 3 nitrogen and oxygen atoms in total. The van der Waals surface area contributed by atoms with Gasteiger partial charge in [-0.1, -0.05) is 12.2 Å². The van der Waals surface area contributed by atoms with Crippen molar-refractivity contribution in [3.05, 3.63) is 0 Å². The second-order valence-electron chi connectivity index (χ2n) is 2.76. The zero-order valence-electron chi connectivity index (χ0n) is 7.39. The summed E-state index contributed by atoms with van der Waals surface area (Å²) in [7, 11) is 3.31. The lowest BCUT2D eigenvalue weighted by molar-refractivity contribution is 0.156. The average molecular weight is 238 g/mol. The third-order valence-electron chi connectivity index (χ3n) is 1.94. The minimum Gasteiger partial charge on any atom is -0.395 e. The van der Waals surface area contributed by atoms with Crippen molar-refractivity contribution >= 4 is 38.7 Å². The topological polar surface area (TPSA) is 26.7 Å². The molecule has 0 radical (unpaired) electrons. The second-order valence-corrected chi connectivity index (χ2v) is 5.41. The summed E-state index contributed by atoms with van der Waals surface area (Å²) in [5.74, 6) is 0. The standard InChI is InChI=1S/C7H14N2OS3/c10-6-5-8-1-3-9(4-2-8)13-12-7-11/h7,10H,1-6H2. The Bertz CT molecular complexity index is 151.